The lowest BCUT2D eigenvalue weighted by atomic mass is 10.4. The minimum absolute atomic E-state index is 0.434. The van der Waals surface area contributed by atoms with Crippen molar-refractivity contribution in [1.29, 1.82) is 0 Å². The van der Waals surface area contributed by atoms with Gasteiger partial charge in [-0.1, -0.05) is 12.1 Å². The number of hydrogen-bond donors (Lipinski definition) is 2. The lowest BCUT2D eigenvalue weighted by molar-refractivity contribution is 0.181. The SMILES string of the molecule is COCc1cc(NN)nc(CSc2ccccc2Br)n1. The second-order valence-electron chi connectivity index (χ2n) is 3.96. The van der Waals surface area contributed by atoms with Crippen LogP contribution >= 0.6 is 27.7 Å². The number of nitrogens with zero attached hydrogens (tertiary/aromatic N) is 2. The first-order valence-corrected chi connectivity index (χ1v) is 7.70. The first kappa shape index (κ1) is 15.2. The van der Waals surface area contributed by atoms with Crippen molar-refractivity contribution < 1.29 is 4.74 Å². The van der Waals surface area contributed by atoms with Crippen LogP contribution in [0.15, 0.2) is 39.7 Å². The molecule has 1 aromatic heterocycles. The van der Waals surface area contributed by atoms with Gasteiger partial charge in [0.1, 0.15) is 11.6 Å². The van der Waals surface area contributed by atoms with E-state index in [0.717, 1.165) is 15.1 Å². The highest BCUT2D eigenvalue weighted by Gasteiger charge is 2.06. The molecule has 1 aromatic carbocycles. The highest BCUT2D eigenvalue weighted by Crippen LogP contribution is 2.29. The summed E-state index contributed by atoms with van der Waals surface area (Å²) in [5, 5.41) is 0. The second-order valence-corrected chi connectivity index (χ2v) is 5.83. The Bertz CT molecular complexity index is 582. The maximum absolute atomic E-state index is 5.42. The van der Waals surface area contributed by atoms with Crippen LogP contribution in [0.25, 0.3) is 0 Å². The number of halogens is 1. The summed E-state index contributed by atoms with van der Waals surface area (Å²) >= 11 is 5.19. The monoisotopic (exact) mass is 354 g/mol. The van der Waals surface area contributed by atoms with Crippen molar-refractivity contribution in [2.45, 2.75) is 17.3 Å². The van der Waals surface area contributed by atoms with Crippen molar-refractivity contribution >= 4 is 33.5 Å². The van der Waals surface area contributed by atoms with Gasteiger partial charge in [0.25, 0.3) is 0 Å². The molecule has 0 fully saturated rings. The van der Waals surface area contributed by atoms with E-state index in [9.17, 15) is 0 Å². The van der Waals surface area contributed by atoms with Crippen LogP contribution in [0.5, 0.6) is 0 Å². The van der Waals surface area contributed by atoms with E-state index in [0.29, 0.717) is 24.0 Å². The number of nitrogens with two attached hydrogens (primary N) is 1. The quantitative estimate of drug-likeness (QED) is 0.472. The molecule has 1 heterocycles. The lowest BCUT2D eigenvalue weighted by Crippen LogP contribution is -2.11. The second kappa shape index (κ2) is 7.58. The van der Waals surface area contributed by atoms with E-state index in [1.807, 2.05) is 18.2 Å². The van der Waals surface area contributed by atoms with Gasteiger partial charge in [0.2, 0.25) is 0 Å². The average Bonchev–Trinajstić information content (AvgIpc) is 2.46. The number of ether oxygens (including phenoxy) is 1. The molecule has 20 heavy (non-hydrogen) atoms. The number of aromatic nitrogens is 2. The van der Waals surface area contributed by atoms with Crippen molar-refractivity contribution in [1.82, 2.24) is 9.97 Å². The molecule has 0 saturated carbocycles. The summed E-state index contributed by atoms with van der Waals surface area (Å²) in [5.74, 6) is 7.39. The normalized spacial score (nSPS) is 10.6. The topological polar surface area (TPSA) is 73.1 Å². The predicted molar refractivity (Wildman–Crippen MR) is 84.3 cm³/mol. The van der Waals surface area contributed by atoms with E-state index in [2.05, 4.69) is 37.4 Å². The number of thioether (sulfide) groups is 1. The molecule has 0 aliphatic carbocycles. The van der Waals surface area contributed by atoms with Gasteiger partial charge in [0.05, 0.1) is 18.1 Å². The molecule has 3 N–H and O–H groups in total. The Hall–Kier alpha value is -1.15. The fraction of sp³-hybridized carbons (Fsp3) is 0.231. The van der Waals surface area contributed by atoms with Crippen LogP contribution in [-0.4, -0.2) is 17.1 Å². The predicted octanol–water partition coefficient (Wildman–Crippen LogP) is 2.96. The standard InChI is InChI=1S/C13H15BrN4OS/c1-19-7-9-6-12(18-15)17-13(16-9)8-20-11-5-3-2-4-10(11)14/h2-6H,7-8,15H2,1H3,(H,16,17,18). The van der Waals surface area contributed by atoms with E-state index in [1.165, 1.54) is 0 Å². The van der Waals surface area contributed by atoms with E-state index < -0.39 is 0 Å². The molecule has 0 unspecified atom stereocenters. The Morgan fingerprint density at radius 3 is 2.85 bits per heavy atom. The van der Waals surface area contributed by atoms with E-state index in [1.54, 1.807) is 24.9 Å². The molecule has 0 saturated heterocycles. The van der Waals surface area contributed by atoms with Gasteiger partial charge in [-0.15, -0.1) is 11.8 Å². The number of benzene rings is 1. The van der Waals surface area contributed by atoms with E-state index in [4.69, 9.17) is 10.6 Å². The van der Waals surface area contributed by atoms with Crippen molar-refractivity contribution in [2.75, 3.05) is 12.5 Å². The summed E-state index contributed by atoms with van der Waals surface area (Å²) in [6.45, 7) is 0.434. The Morgan fingerprint density at radius 1 is 1.35 bits per heavy atom. The van der Waals surface area contributed by atoms with Crippen LogP contribution < -0.4 is 11.3 Å². The van der Waals surface area contributed by atoms with Crippen LogP contribution in [0.1, 0.15) is 11.5 Å². The number of hydrogen-bond acceptors (Lipinski definition) is 6. The number of methoxy groups -OCH3 is 1. The summed E-state index contributed by atoms with van der Waals surface area (Å²) in [6.07, 6.45) is 0. The smallest absolute Gasteiger partial charge is 0.144 e. The first-order chi connectivity index (χ1) is 9.72. The van der Waals surface area contributed by atoms with E-state index in [-0.39, 0.29) is 0 Å². The molecule has 2 rings (SSSR count). The maximum atomic E-state index is 5.42. The zero-order valence-electron chi connectivity index (χ0n) is 11.0. The molecule has 0 aliphatic heterocycles. The highest BCUT2D eigenvalue weighted by molar-refractivity contribution is 9.10. The van der Waals surface area contributed by atoms with Crippen molar-refractivity contribution in [2.24, 2.45) is 5.84 Å². The first-order valence-electron chi connectivity index (χ1n) is 5.92. The average molecular weight is 355 g/mol. The van der Waals surface area contributed by atoms with Gasteiger partial charge in [-0.3, -0.25) is 0 Å². The molecule has 5 nitrogen and oxygen atoms in total. The highest BCUT2D eigenvalue weighted by atomic mass is 79.9. The van der Waals surface area contributed by atoms with Gasteiger partial charge in [-0.05, 0) is 28.1 Å². The van der Waals surface area contributed by atoms with E-state index >= 15 is 0 Å². The molecular weight excluding hydrogens is 340 g/mol. The minimum atomic E-state index is 0.434. The third-order valence-electron chi connectivity index (χ3n) is 2.46. The summed E-state index contributed by atoms with van der Waals surface area (Å²) in [4.78, 5) is 9.94. The Balaban J connectivity index is 2.12. The minimum Gasteiger partial charge on any atom is -0.378 e. The van der Waals surface area contributed by atoms with Gasteiger partial charge in [0.15, 0.2) is 0 Å². The molecule has 0 amide bonds. The summed E-state index contributed by atoms with van der Waals surface area (Å²) < 4.78 is 6.16. The van der Waals surface area contributed by atoms with Gasteiger partial charge in [0, 0.05) is 22.5 Å². The Morgan fingerprint density at radius 2 is 2.15 bits per heavy atom. The number of hydrazine groups is 1. The van der Waals surface area contributed by atoms with Crippen LogP contribution in [0.3, 0.4) is 0 Å². The zero-order valence-corrected chi connectivity index (χ0v) is 13.4. The number of nitrogen functional groups attached to an aromatic ring is 1. The molecule has 0 atom stereocenters. The fourth-order valence-corrected chi connectivity index (χ4v) is 3.04. The largest absolute Gasteiger partial charge is 0.378 e. The molecule has 0 spiro atoms. The van der Waals surface area contributed by atoms with Gasteiger partial charge in [-0.2, -0.15) is 0 Å². The van der Waals surface area contributed by atoms with Gasteiger partial charge < -0.3 is 10.2 Å². The van der Waals surface area contributed by atoms with Crippen LogP contribution in [0.2, 0.25) is 0 Å². The Labute approximate surface area is 130 Å². The number of anilines is 1. The molecule has 0 radical (unpaired) electrons. The van der Waals surface area contributed by atoms with Gasteiger partial charge >= 0.3 is 0 Å². The third kappa shape index (κ3) is 4.17. The maximum Gasteiger partial charge on any atom is 0.144 e. The molecule has 7 heteroatoms. The fourth-order valence-electron chi connectivity index (χ4n) is 1.62. The Kier molecular flexibility index (Phi) is 5.78. The lowest BCUT2D eigenvalue weighted by Gasteiger charge is -2.08. The van der Waals surface area contributed by atoms with Gasteiger partial charge in [-0.25, -0.2) is 15.8 Å². The third-order valence-corrected chi connectivity index (χ3v) is 4.48. The summed E-state index contributed by atoms with van der Waals surface area (Å²) in [5.41, 5.74) is 3.35. The molecule has 2 aromatic rings. The number of nitrogens with one attached hydrogen (secondary N) is 1. The molecule has 0 aliphatic rings. The van der Waals surface area contributed by atoms with Crippen LogP contribution in [0.4, 0.5) is 5.82 Å². The zero-order chi connectivity index (χ0) is 14.4. The summed E-state index contributed by atoms with van der Waals surface area (Å²) in [6, 6.07) is 9.83. The molecule has 106 valence electrons. The van der Waals surface area contributed by atoms with Crippen molar-refractivity contribution in [3.05, 3.63) is 46.3 Å². The van der Waals surface area contributed by atoms with Crippen LogP contribution in [-0.2, 0) is 17.1 Å². The number of rotatable bonds is 6. The van der Waals surface area contributed by atoms with Crippen molar-refractivity contribution in [3.8, 4) is 0 Å². The van der Waals surface area contributed by atoms with Crippen LogP contribution in [0, 0.1) is 0 Å². The molecular formula is C13H15BrN4OS. The van der Waals surface area contributed by atoms with Crippen molar-refractivity contribution in [3.63, 3.8) is 0 Å². The summed E-state index contributed by atoms with van der Waals surface area (Å²) in [7, 11) is 1.63. The molecule has 0 bridgehead atoms.